The van der Waals surface area contributed by atoms with Crippen LogP contribution in [0, 0.1) is 0 Å². The summed E-state index contributed by atoms with van der Waals surface area (Å²) >= 11 is 0. The number of benzene rings is 1. The average molecular weight is 234 g/mol. The Morgan fingerprint density at radius 3 is 2.18 bits per heavy atom. The predicted octanol–water partition coefficient (Wildman–Crippen LogP) is 1.33. The zero-order valence-corrected chi connectivity index (χ0v) is 10.4. The summed E-state index contributed by atoms with van der Waals surface area (Å²) < 4.78 is 0. The van der Waals surface area contributed by atoms with Crippen molar-refractivity contribution in [3.8, 4) is 0 Å². The lowest BCUT2D eigenvalue weighted by Crippen LogP contribution is -2.52. The normalized spacial score (nSPS) is 12.2. The number of Topliss-reactive ketones (excluding diaryl/α,β-unsaturated/α-hetero) is 1. The Morgan fingerprint density at radius 1 is 1.12 bits per heavy atom. The Morgan fingerprint density at radius 2 is 1.71 bits per heavy atom. The van der Waals surface area contributed by atoms with Gasteiger partial charge in [0.2, 0.25) is 5.91 Å². The molecule has 0 spiro atoms. The number of hydrogen-bond donors (Lipinski definition) is 2. The fourth-order valence-electron chi connectivity index (χ4n) is 1.49. The van der Waals surface area contributed by atoms with E-state index in [4.69, 9.17) is 0 Å². The molecule has 4 heteroatoms. The highest BCUT2D eigenvalue weighted by Crippen LogP contribution is 2.03. The van der Waals surface area contributed by atoms with E-state index < -0.39 is 6.17 Å². The summed E-state index contributed by atoms with van der Waals surface area (Å²) in [6.07, 6.45) is -0.671. The van der Waals surface area contributed by atoms with Crippen molar-refractivity contribution in [3.05, 3.63) is 35.9 Å². The summed E-state index contributed by atoms with van der Waals surface area (Å²) in [6.45, 7) is 5.24. The molecular weight excluding hydrogens is 216 g/mol. The second-order valence-electron chi connectivity index (χ2n) is 4.19. The molecule has 1 rings (SSSR count). The van der Waals surface area contributed by atoms with Crippen LogP contribution in [0.25, 0.3) is 0 Å². The van der Waals surface area contributed by atoms with E-state index in [1.165, 1.54) is 6.92 Å². The molecule has 0 bridgehead atoms. The maximum atomic E-state index is 12.1. The first-order chi connectivity index (χ1) is 8.00. The van der Waals surface area contributed by atoms with Crippen molar-refractivity contribution in [1.29, 1.82) is 0 Å². The average Bonchev–Trinajstić information content (AvgIpc) is 2.27. The first kappa shape index (κ1) is 13.4. The van der Waals surface area contributed by atoms with Crippen molar-refractivity contribution < 1.29 is 9.59 Å². The second-order valence-corrected chi connectivity index (χ2v) is 4.19. The van der Waals surface area contributed by atoms with Gasteiger partial charge in [0.05, 0.1) is 0 Å². The van der Waals surface area contributed by atoms with E-state index in [2.05, 4.69) is 10.6 Å². The van der Waals surface area contributed by atoms with Crippen molar-refractivity contribution in [3.63, 3.8) is 0 Å². The number of amides is 1. The number of nitrogens with one attached hydrogen (secondary N) is 2. The van der Waals surface area contributed by atoms with E-state index in [9.17, 15) is 9.59 Å². The van der Waals surface area contributed by atoms with Crippen molar-refractivity contribution in [1.82, 2.24) is 10.6 Å². The molecule has 0 fully saturated rings. The van der Waals surface area contributed by atoms with Crippen LogP contribution in [0.5, 0.6) is 0 Å². The van der Waals surface area contributed by atoms with Crippen LogP contribution in [0.15, 0.2) is 30.3 Å². The maximum Gasteiger partial charge on any atom is 0.218 e. The van der Waals surface area contributed by atoms with E-state index >= 15 is 0 Å². The van der Waals surface area contributed by atoms with E-state index in [1.54, 1.807) is 24.3 Å². The third kappa shape index (κ3) is 4.36. The Balaban J connectivity index is 2.82. The van der Waals surface area contributed by atoms with Crippen molar-refractivity contribution in [2.45, 2.75) is 33.0 Å². The topological polar surface area (TPSA) is 58.2 Å². The Kier molecular flexibility index (Phi) is 4.84. The lowest BCUT2D eigenvalue weighted by molar-refractivity contribution is -0.119. The lowest BCUT2D eigenvalue weighted by atomic mass is 10.1. The standard InChI is InChI=1S/C13H18N2O2/c1-9(2)14-13(15-10(3)16)12(17)11-7-5-4-6-8-11/h4-9,13-14H,1-3H3,(H,15,16)/t13-/m0/s1. The highest BCUT2D eigenvalue weighted by Gasteiger charge is 2.20. The molecule has 0 heterocycles. The van der Waals surface area contributed by atoms with Crippen LogP contribution in [0.1, 0.15) is 31.1 Å². The van der Waals surface area contributed by atoms with Crippen molar-refractivity contribution in [2.75, 3.05) is 0 Å². The third-order valence-corrected chi connectivity index (χ3v) is 2.17. The Bertz CT molecular complexity index is 388. The van der Waals surface area contributed by atoms with Crippen LogP contribution in [-0.4, -0.2) is 23.9 Å². The molecule has 4 nitrogen and oxygen atoms in total. The molecule has 2 N–H and O–H groups in total. The predicted molar refractivity (Wildman–Crippen MR) is 66.6 cm³/mol. The molecule has 0 aliphatic heterocycles. The third-order valence-electron chi connectivity index (χ3n) is 2.17. The van der Waals surface area contributed by atoms with Gasteiger partial charge in [0.1, 0.15) is 6.17 Å². The largest absolute Gasteiger partial charge is 0.334 e. The molecule has 1 atom stereocenters. The van der Waals surface area contributed by atoms with Gasteiger partial charge >= 0.3 is 0 Å². The number of carbonyl (C=O) groups is 2. The summed E-state index contributed by atoms with van der Waals surface area (Å²) in [5, 5.41) is 5.64. The van der Waals surface area contributed by atoms with Gasteiger partial charge in [-0.25, -0.2) is 0 Å². The molecule has 0 aliphatic rings. The summed E-state index contributed by atoms with van der Waals surface area (Å²) in [6, 6.07) is 9.03. The molecule has 1 amide bonds. The van der Waals surface area contributed by atoms with Crippen LogP contribution in [0.2, 0.25) is 0 Å². The van der Waals surface area contributed by atoms with Gasteiger partial charge in [0.25, 0.3) is 0 Å². The zero-order chi connectivity index (χ0) is 12.8. The van der Waals surface area contributed by atoms with Crippen LogP contribution in [0.4, 0.5) is 0 Å². The molecule has 0 saturated heterocycles. The molecule has 0 saturated carbocycles. The van der Waals surface area contributed by atoms with E-state index in [0.29, 0.717) is 5.56 Å². The second kappa shape index (κ2) is 6.15. The fourth-order valence-corrected chi connectivity index (χ4v) is 1.49. The first-order valence-corrected chi connectivity index (χ1v) is 5.63. The molecular formula is C13H18N2O2. The van der Waals surface area contributed by atoms with Crippen LogP contribution >= 0.6 is 0 Å². The summed E-state index contributed by atoms with van der Waals surface area (Å²) in [5.74, 6) is -0.359. The highest BCUT2D eigenvalue weighted by atomic mass is 16.2. The number of rotatable bonds is 5. The van der Waals surface area contributed by atoms with Gasteiger partial charge in [-0.05, 0) is 13.8 Å². The van der Waals surface area contributed by atoms with Gasteiger partial charge in [-0.2, -0.15) is 0 Å². The first-order valence-electron chi connectivity index (χ1n) is 5.63. The quantitative estimate of drug-likeness (QED) is 0.597. The Hall–Kier alpha value is -1.68. The molecule has 92 valence electrons. The van der Waals surface area contributed by atoms with Crippen LogP contribution in [-0.2, 0) is 4.79 Å². The van der Waals surface area contributed by atoms with Gasteiger partial charge in [-0.3, -0.25) is 14.9 Å². The van der Waals surface area contributed by atoms with Gasteiger partial charge < -0.3 is 5.32 Å². The minimum Gasteiger partial charge on any atom is -0.334 e. The molecule has 1 aromatic carbocycles. The minimum atomic E-state index is -0.671. The number of hydrogen-bond acceptors (Lipinski definition) is 3. The monoisotopic (exact) mass is 234 g/mol. The smallest absolute Gasteiger partial charge is 0.218 e. The number of carbonyl (C=O) groups excluding carboxylic acids is 2. The summed E-state index contributed by atoms with van der Waals surface area (Å²) in [4.78, 5) is 23.2. The highest BCUT2D eigenvalue weighted by molar-refractivity contribution is 6.01. The molecule has 0 aliphatic carbocycles. The molecule has 0 unspecified atom stereocenters. The summed E-state index contributed by atoms with van der Waals surface area (Å²) in [7, 11) is 0. The minimum absolute atomic E-state index is 0.111. The van der Waals surface area contributed by atoms with Crippen molar-refractivity contribution >= 4 is 11.7 Å². The fraction of sp³-hybridized carbons (Fsp3) is 0.385. The lowest BCUT2D eigenvalue weighted by Gasteiger charge is -2.20. The van der Waals surface area contributed by atoms with Gasteiger partial charge in [-0.15, -0.1) is 0 Å². The molecule has 17 heavy (non-hydrogen) atoms. The number of ketones is 1. The van der Waals surface area contributed by atoms with E-state index in [-0.39, 0.29) is 17.7 Å². The van der Waals surface area contributed by atoms with Crippen LogP contribution in [0.3, 0.4) is 0 Å². The van der Waals surface area contributed by atoms with Gasteiger partial charge in [0.15, 0.2) is 5.78 Å². The van der Waals surface area contributed by atoms with E-state index in [0.717, 1.165) is 0 Å². The molecule has 0 radical (unpaired) electrons. The SMILES string of the molecule is CC(=O)N[C@H](NC(C)C)C(=O)c1ccccc1. The Labute approximate surface area is 101 Å². The van der Waals surface area contributed by atoms with Gasteiger partial charge in [-0.1, -0.05) is 30.3 Å². The van der Waals surface area contributed by atoms with Crippen molar-refractivity contribution in [2.24, 2.45) is 0 Å². The maximum absolute atomic E-state index is 12.1. The van der Waals surface area contributed by atoms with Gasteiger partial charge in [0, 0.05) is 18.5 Å². The van der Waals surface area contributed by atoms with Crippen LogP contribution < -0.4 is 10.6 Å². The van der Waals surface area contributed by atoms with E-state index in [1.807, 2.05) is 19.9 Å². The molecule has 1 aromatic rings. The molecule has 0 aromatic heterocycles. The zero-order valence-electron chi connectivity index (χ0n) is 10.4. The summed E-state index contributed by atoms with van der Waals surface area (Å²) in [5.41, 5.74) is 0.583.